The molecule has 80 valence electrons. The third-order valence-electron chi connectivity index (χ3n) is 2.79. The minimum absolute atomic E-state index is 1.12. The third kappa shape index (κ3) is 3.99. The van der Waals surface area contributed by atoms with E-state index >= 15 is 0 Å². The van der Waals surface area contributed by atoms with Crippen molar-refractivity contribution in [2.24, 2.45) is 0 Å². The molecule has 1 aliphatic heterocycles. The Kier molecular flexibility index (Phi) is 5.43. The summed E-state index contributed by atoms with van der Waals surface area (Å²) in [4.78, 5) is 2.41. The second kappa shape index (κ2) is 6.69. The van der Waals surface area contributed by atoms with E-state index in [1.54, 1.807) is 0 Å². The first-order chi connectivity index (χ1) is 6.86. The van der Waals surface area contributed by atoms with E-state index < -0.39 is 0 Å². The molecule has 0 N–H and O–H groups in total. The molecular weight excluding hydrogens is 170 g/mol. The maximum Gasteiger partial charge on any atom is 0.0359 e. The van der Waals surface area contributed by atoms with Gasteiger partial charge in [-0.25, -0.2) is 0 Å². The van der Waals surface area contributed by atoms with E-state index in [0.717, 1.165) is 6.54 Å². The van der Waals surface area contributed by atoms with Gasteiger partial charge in [-0.05, 0) is 30.7 Å². The molecule has 0 aliphatic carbocycles. The smallest absolute Gasteiger partial charge is 0.0359 e. The minimum atomic E-state index is 1.12. The second-order valence-electron chi connectivity index (χ2n) is 4.00. The number of rotatable bonds is 6. The molecule has 14 heavy (non-hydrogen) atoms. The van der Waals surface area contributed by atoms with E-state index in [1.807, 2.05) is 0 Å². The molecule has 0 bridgehead atoms. The molecule has 1 aliphatic rings. The molecular formula is C13H23N. The van der Waals surface area contributed by atoms with Crippen molar-refractivity contribution in [3.8, 4) is 0 Å². The van der Waals surface area contributed by atoms with Crippen LogP contribution in [0.15, 0.2) is 23.9 Å². The molecule has 1 rings (SSSR count). The Morgan fingerprint density at radius 2 is 2.07 bits per heavy atom. The average molecular weight is 193 g/mol. The summed E-state index contributed by atoms with van der Waals surface area (Å²) in [6.07, 6.45) is 13.5. The quantitative estimate of drug-likeness (QED) is 0.581. The first-order valence-electron chi connectivity index (χ1n) is 5.98. The van der Waals surface area contributed by atoms with Gasteiger partial charge in [0, 0.05) is 13.1 Å². The van der Waals surface area contributed by atoms with Crippen LogP contribution >= 0.6 is 0 Å². The van der Waals surface area contributed by atoms with E-state index in [4.69, 9.17) is 0 Å². The highest BCUT2D eigenvalue weighted by atomic mass is 15.1. The summed E-state index contributed by atoms with van der Waals surface area (Å²) < 4.78 is 0. The fraction of sp³-hybridized carbons (Fsp3) is 0.692. The summed E-state index contributed by atoms with van der Waals surface area (Å²) in [5.74, 6) is 0. The lowest BCUT2D eigenvalue weighted by atomic mass is 10.1. The van der Waals surface area contributed by atoms with E-state index in [2.05, 4.69) is 37.1 Å². The predicted octanol–water partition coefficient (Wildman–Crippen LogP) is 3.73. The van der Waals surface area contributed by atoms with E-state index in [1.165, 1.54) is 44.2 Å². The van der Waals surface area contributed by atoms with Gasteiger partial charge in [-0.3, -0.25) is 0 Å². The fourth-order valence-electron chi connectivity index (χ4n) is 1.73. The van der Waals surface area contributed by atoms with Crippen LogP contribution in [0.25, 0.3) is 0 Å². The van der Waals surface area contributed by atoms with Crippen molar-refractivity contribution in [3.63, 3.8) is 0 Å². The lowest BCUT2D eigenvalue weighted by Gasteiger charge is -2.22. The molecule has 0 amide bonds. The van der Waals surface area contributed by atoms with E-state index in [-0.39, 0.29) is 0 Å². The van der Waals surface area contributed by atoms with Gasteiger partial charge in [0.1, 0.15) is 0 Å². The number of hydrogen-bond donors (Lipinski definition) is 0. The van der Waals surface area contributed by atoms with Crippen LogP contribution in [0.2, 0.25) is 0 Å². The minimum Gasteiger partial charge on any atom is -0.374 e. The van der Waals surface area contributed by atoms with Gasteiger partial charge in [-0.2, -0.15) is 0 Å². The summed E-state index contributed by atoms with van der Waals surface area (Å²) in [6.45, 7) is 6.82. The molecule has 1 heterocycles. The molecule has 0 saturated heterocycles. The van der Waals surface area contributed by atoms with Crippen molar-refractivity contribution in [3.05, 3.63) is 23.9 Å². The van der Waals surface area contributed by atoms with Gasteiger partial charge in [0.15, 0.2) is 0 Å². The highest BCUT2D eigenvalue weighted by Crippen LogP contribution is 2.11. The molecule has 0 aromatic carbocycles. The van der Waals surface area contributed by atoms with Crippen LogP contribution < -0.4 is 0 Å². The molecule has 0 saturated carbocycles. The van der Waals surface area contributed by atoms with Crippen LogP contribution in [0.5, 0.6) is 0 Å². The van der Waals surface area contributed by atoms with Crippen molar-refractivity contribution in [2.45, 2.75) is 46.0 Å². The van der Waals surface area contributed by atoms with E-state index in [0.29, 0.717) is 0 Å². The Hall–Kier alpha value is -0.720. The first kappa shape index (κ1) is 11.4. The Bertz CT molecular complexity index is 203. The zero-order valence-corrected chi connectivity index (χ0v) is 9.63. The number of unbranched alkanes of at least 4 members (excludes halogenated alkanes) is 3. The number of hydrogen-bond acceptors (Lipinski definition) is 1. The van der Waals surface area contributed by atoms with Crippen molar-refractivity contribution in [1.82, 2.24) is 4.90 Å². The molecule has 0 atom stereocenters. The summed E-state index contributed by atoms with van der Waals surface area (Å²) >= 11 is 0. The molecule has 0 aromatic heterocycles. The molecule has 0 radical (unpaired) electrons. The van der Waals surface area contributed by atoms with Gasteiger partial charge in [-0.1, -0.05) is 39.2 Å². The summed E-state index contributed by atoms with van der Waals surface area (Å²) in [5, 5.41) is 0. The van der Waals surface area contributed by atoms with Crippen molar-refractivity contribution >= 4 is 0 Å². The third-order valence-corrected chi connectivity index (χ3v) is 2.79. The van der Waals surface area contributed by atoms with Gasteiger partial charge in [0.05, 0.1) is 0 Å². The molecule has 0 fully saturated rings. The lowest BCUT2D eigenvalue weighted by Crippen LogP contribution is -2.21. The maximum atomic E-state index is 2.41. The van der Waals surface area contributed by atoms with Crippen molar-refractivity contribution < 1.29 is 0 Å². The highest BCUT2D eigenvalue weighted by Gasteiger charge is 2.02. The first-order valence-corrected chi connectivity index (χ1v) is 5.98. The molecule has 1 heteroatoms. The topological polar surface area (TPSA) is 3.24 Å². The fourth-order valence-corrected chi connectivity index (χ4v) is 1.73. The van der Waals surface area contributed by atoms with Crippen molar-refractivity contribution in [2.75, 3.05) is 13.1 Å². The second-order valence-corrected chi connectivity index (χ2v) is 4.00. The maximum absolute atomic E-state index is 2.41. The van der Waals surface area contributed by atoms with Gasteiger partial charge in [0.2, 0.25) is 0 Å². The molecule has 1 nitrogen and oxygen atoms in total. The van der Waals surface area contributed by atoms with Crippen LogP contribution in [-0.4, -0.2) is 18.0 Å². The average Bonchev–Trinajstić information content (AvgIpc) is 2.25. The Labute approximate surface area is 88.5 Å². The van der Waals surface area contributed by atoms with Crippen LogP contribution in [0.3, 0.4) is 0 Å². The number of nitrogens with zero attached hydrogens (tertiary/aromatic N) is 1. The Morgan fingerprint density at radius 1 is 1.21 bits per heavy atom. The summed E-state index contributed by atoms with van der Waals surface area (Å²) in [7, 11) is 0. The normalized spacial score (nSPS) is 15.9. The monoisotopic (exact) mass is 193 g/mol. The lowest BCUT2D eigenvalue weighted by molar-refractivity contribution is 0.392. The van der Waals surface area contributed by atoms with Crippen LogP contribution in [0.4, 0.5) is 0 Å². The SMILES string of the molecule is CCCCCCN1C=CC(CC)=CC1. The molecule has 0 unspecified atom stereocenters. The summed E-state index contributed by atoms with van der Waals surface area (Å²) in [5.41, 5.74) is 1.48. The Morgan fingerprint density at radius 3 is 2.64 bits per heavy atom. The zero-order valence-electron chi connectivity index (χ0n) is 9.63. The van der Waals surface area contributed by atoms with Crippen LogP contribution in [-0.2, 0) is 0 Å². The summed E-state index contributed by atoms with van der Waals surface area (Å²) in [6, 6.07) is 0. The van der Waals surface area contributed by atoms with Gasteiger partial charge in [0.25, 0.3) is 0 Å². The van der Waals surface area contributed by atoms with Crippen molar-refractivity contribution in [1.29, 1.82) is 0 Å². The number of allylic oxidation sites excluding steroid dienone is 2. The Balaban J connectivity index is 2.11. The van der Waals surface area contributed by atoms with Gasteiger partial charge < -0.3 is 4.90 Å². The van der Waals surface area contributed by atoms with Crippen LogP contribution in [0, 0.1) is 0 Å². The van der Waals surface area contributed by atoms with E-state index in [9.17, 15) is 0 Å². The van der Waals surface area contributed by atoms with Gasteiger partial charge in [-0.15, -0.1) is 0 Å². The molecule has 0 spiro atoms. The highest BCUT2D eigenvalue weighted by molar-refractivity contribution is 5.21. The zero-order chi connectivity index (χ0) is 10.2. The largest absolute Gasteiger partial charge is 0.374 e. The van der Waals surface area contributed by atoms with Crippen LogP contribution in [0.1, 0.15) is 46.0 Å². The standard InChI is InChI=1S/C13H23N/c1-3-5-6-7-10-14-11-8-13(4-2)9-12-14/h8-9,11H,3-7,10,12H2,1-2H3. The predicted molar refractivity (Wildman–Crippen MR) is 63.2 cm³/mol. The van der Waals surface area contributed by atoms with Gasteiger partial charge >= 0.3 is 0 Å². The molecule has 0 aromatic rings.